The highest BCUT2D eigenvalue weighted by Crippen LogP contribution is 2.23. The molecule has 0 amide bonds. The van der Waals surface area contributed by atoms with Crippen molar-refractivity contribution in [2.75, 3.05) is 17.5 Å². The lowest BCUT2D eigenvalue weighted by Crippen LogP contribution is -2.47. The number of hydrazine groups is 2. The molecule has 0 radical (unpaired) electrons. The quantitative estimate of drug-likeness (QED) is 0.545. The number of aromatic nitrogens is 3. The van der Waals surface area contributed by atoms with E-state index in [4.69, 9.17) is 10.6 Å². The first-order chi connectivity index (χ1) is 9.63. The minimum Gasteiger partial charge on any atom is -0.464 e. The van der Waals surface area contributed by atoms with Crippen LogP contribution in [0.2, 0.25) is 0 Å². The third-order valence-corrected chi connectivity index (χ3v) is 3.44. The van der Waals surface area contributed by atoms with E-state index in [0.29, 0.717) is 24.6 Å². The summed E-state index contributed by atoms with van der Waals surface area (Å²) in [7, 11) is 0. The number of hydrogen-bond acceptors (Lipinski definition) is 8. The van der Waals surface area contributed by atoms with Crippen LogP contribution in [-0.2, 0) is 0 Å². The molecule has 8 nitrogen and oxygen atoms in total. The van der Waals surface area contributed by atoms with Gasteiger partial charge in [-0.15, -0.1) is 0 Å². The van der Waals surface area contributed by atoms with Crippen LogP contribution >= 0.6 is 0 Å². The molecule has 1 saturated heterocycles. The zero-order valence-corrected chi connectivity index (χ0v) is 12.3. The van der Waals surface area contributed by atoms with Gasteiger partial charge in [0.05, 0.1) is 6.61 Å². The number of nitrogens with two attached hydrogens (primary N) is 1. The fourth-order valence-corrected chi connectivity index (χ4v) is 2.42. The number of ether oxygens (including phenoxy) is 1. The van der Waals surface area contributed by atoms with Crippen molar-refractivity contribution in [3.05, 3.63) is 0 Å². The molecule has 2 rings (SSSR count). The largest absolute Gasteiger partial charge is 0.464 e. The van der Waals surface area contributed by atoms with Crippen molar-refractivity contribution < 1.29 is 4.74 Å². The molecule has 1 aromatic heterocycles. The van der Waals surface area contributed by atoms with Crippen LogP contribution in [0.5, 0.6) is 6.01 Å². The van der Waals surface area contributed by atoms with Gasteiger partial charge in [0.1, 0.15) is 0 Å². The van der Waals surface area contributed by atoms with Gasteiger partial charge in [-0.25, -0.2) is 10.9 Å². The van der Waals surface area contributed by atoms with Gasteiger partial charge in [0, 0.05) is 12.1 Å². The van der Waals surface area contributed by atoms with Crippen LogP contribution in [0, 0.1) is 0 Å². The average Bonchev–Trinajstić information content (AvgIpc) is 2.43. The van der Waals surface area contributed by atoms with Gasteiger partial charge in [-0.3, -0.25) is 10.9 Å². The molecule has 4 N–H and O–H groups in total. The molecule has 0 aliphatic carbocycles. The molecular formula is C12H23N7O. The van der Waals surface area contributed by atoms with Crippen molar-refractivity contribution in [2.45, 2.75) is 52.1 Å². The lowest BCUT2D eigenvalue weighted by molar-refractivity contribution is 0.134. The van der Waals surface area contributed by atoms with Crippen LogP contribution in [-0.4, -0.2) is 38.7 Å². The minimum atomic E-state index is 0.260. The predicted octanol–water partition coefficient (Wildman–Crippen LogP) is 1.15. The topological polar surface area (TPSA) is 101 Å². The molecule has 2 atom stereocenters. The molecule has 1 aliphatic rings. The number of rotatable bonds is 5. The Morgan fingerprint density at radius 3 is 2.45 bits per heavy atom. The molecule has 20 heavy (non-hydrogen) atoms. The van der Waals surface area contributed by atoms with Crippen molar-refractivity contribution in [1.29, 1.82) is 0 Å². The molecule has 8 heteroatoms. The van der Waals surface area contributed by atoms with E-state index in [9.17, 15) is 0 Å². The molecule has 1 aromatic rings. The summed E-state index contributed by atoms with van der Waals surface area (Å²) in [5, 5.41) is 2.18. The summed E-state index contributed by atoms with van der Waals surface area (Å²) in [6.07, 6.45) is 3.56. The first-order valence-corrected chi connectivity index (χ1v) is 7.04. The SMILES string of the molecule is CCOc1nc(NN)nc(NN2C(C)CCCC2C)n1. The monoisotopic (exact) mass is 281 g/mol. The van der Waals surface area contributed by atoms with E-state index in [1.807, 2.05) is 6.92 Å². The predicted molar refractivity (Wildman–Crippen MR) is 77.0 cm³/mol. The molecule has 1 aliphatic heterocycles. The van der Waals surface area contributed by atoms with E-state index in [1.54, 1.807) is 0 Å². The molecular weight excluding hydrogens is 258 g/mol. The number of hydrogen-bond donors (Lipinski definition) is 3. The minimum absolute atomic E-state index is 0.260. The maximum atomic E-state index is 5.37. The number of piperidine rings is 1. The number of nitrogen functional groups attached to an aromatic ring is 1. The van der Waals surface area contributed by atoms with Gasteiger partial charge in [0.2, 0.25) is 11.9 Å². The fourth-order valence-electron chi connectivity index (χ4n) is 2.42. The van der Waals surface area contributed by atoms with Crippen molar-refractivity contribution >= 4 is 11.9 Å². The van der Waals surface area contributed by atoms with Gasteiger partial charge in [-0.1, -0.05) is 6.42 Å². The highest BCUT2D eigenvalue weighted by molar-refractivity contribution is 5.34. The van der Waals surface area contributed by atoms with Crippen LogP contribution in [0.15, 0.2) is 0 Å². The van der Waals surface area contributed by atoms with Crippen molar-refractivity contribution in [3.8, 4) is 6.01 Å². The second-order valence-corrected chi connectivity index (χ2v) is 4.99. The van der Waals surface area contributed by atoms with Gasteiger partial charge in [-0.2, -0.15) is 15.0 Å². The Hall–Kier alpha value is -1.67. The molecule has 112 valence electrons. The number of nitrogens with zero attached hydrogens (tertiary/aromatic N) is 4. The van der Waals surface area contributed by atoms with Crippen LogP contribution in [0.1, 0.15) is 40.0 Å². The van der Waals surface area contributed by atoms with E-state index in [2.05, 4.69) is 44.7 Å². The Bertz CT molecular complexity index is 432. The van der Waals surface area contributed by atoms with Crippen LogP contribution in [0.4, 0.5) is 11.9 Å². The zero-order valence-electron chi connectivity index (χ0n) is 12.3. The number of anilines is 2. The zero-order chi connectivity index (χ0) is 14.5. The van der Waals surface area contributed by atoms with Crippen LogP contribution < -0.4 is 21.4 Å². The van der Waals surface area contributed by atoms with Crippen molar-refractivity contribution in [2.24, 2.45) is 5.84 Å². The smallest absolute Gasteiger partial charge is 0.323 e. The second-order valence-electron chi connectivity index (χ2n) is 4.99. The normalized spacial score (nSPS) is 23.4. The van der Waals surface area contributed by atoms with Gasteiger partial charge >= 0.3 is 6.01 Å². The Morgan fingerprint density at radius 1 is 1.20 bits per heavy atom. The van der Waals surface area contributed by atoms with Crippen LogP contribution in [0.25, 0.3) is 0 Å². The first-order valence-electron chi connectivity index (χ1n) is 7.04. The third-order valence-electron chi connectivity index (χ3n) is 3.44. The van der Waals surface area contributed by atoms with Crippen LogP contribution in [0.3, 0.4) is 0 Å². The summed E-state index contributed by atoms with van der Waals surface area (Å²) in [4.78, 5) is 12.5. The molecule has 1 fully saturated rings. The van der Waals surface area contributed by atoms with E-state index in [1.165, 1.54) is 6.42 Å². The Balaban J connectivity index is 2.16. The molecule has 0 saturated carbocycles. The standard InChI is InChI=1S/C12H23N7O/c1-4-20-12-15-10(17-13)14-11(16-12)18-19-8(2)6-5-7-9(19)3/h8-9H,4-7,13H2,1-3H3,(H2,14,15,16,17,18). The summed E-state index contributed by atoms with van der Waals surface area (Å²) >= 11 is 0. The van der Waals surface area contributed by atoms with E-state index in [0.717, 1.165) is 12.8 Å². The molecule has 0 aromatic carbocycles. The summed E-state index contributed by atoms with van der Waals surface area (Å²) < 4.78 is 5.32. The highest BCUT2D eigenvalue weighted by atomic mass is 16.5. The molecule has 2 unspecified atom stereocenters. The van der Waals surface area contributed by atoms with Crippen molar-refractivity contribution in [3.63, 3.8) is 0 Å². The summed E-state index contributed by atoms with van der Waals surface area (Å²) in [6.45, 7) is 6.75. The third kappa shape index (κ3) is 3.45. The van der Waals surface area contributed by atoms with E-state index in [-0.39, 0.29) is 12.0 Å². The van der Waals surface area contributed by atoms with Crippen molar-refractivity contribution in [1.82, 2.24) is 20.0 Å². The second kappa shape index (κ2) is 6.67. The first kappa shape index (κ1) is 14.7. The van der Waals surface area contributed by atoms with Gasteiger partial charge < -0.3 is 4.74 Å². The summed E-state index contributed by atoms with van der Waals surface area (Å²) in [5.74, 6) is 6.09. The maximum Gasteiger partial charge on any atom is 0.323 e. The Morgan fingerprint density at radius 2 is 1.85 bits per heavy atom. The lowest BCUT2D eigenvalue weighted by Gasteiger charge is -2.38. The van der Waals surface area contributed by atoms with E-state index < -0.39 is 0 Å². The summed E-state index contributed by atoms with van der Waals surface area (Å²) in [6, 6.07) is 1.12. The molecule has 0 spiro atoms. The highest BCUT2D eigenvalue weighted by Gasteiger charge is 2.25. The Kier molecular flexibility index (Phi) is 4.91. The fraction of sp³-hybridized carbons (Fsp3) is 0.750. The Labute approximate surface area is 119 Å². The summed E-state index contributed by atoms with van der Waals surface area (Å²) in [5.41, 5.74) is 5.67. The molecule has 0 bridgehead atoms. The average molecular weight is 281 g/mol. The van der Waals surface area contributed by atoms with Gasteiger partial charge in [-0.05, 0) is 33.6 Å². The van der Waals surface area contributed by atoms with Gasteiger partial charge in [0.15, 0.2) is 0 Å². The number of nitrogens with one attached hydrogen (secondary N) is 2. The maximum absolute atomic E-state index is 5.37. The van der Waals surface area contributed by atoms with Gasteiger partial charge in [0.25, 0.3) is 0 Å². The lowest BCUT2D eigenvalue weighted by atomic mass is 10.00. The van der Waals surface area contributed by atoms with E-state index >= 15 is 0 Å². The molecule has 2 heterocycles.